The van der Waals surface area contributed by atoms with Gasteiger partial charge in [0.15, 0.2) is 0 Å². The van der Waals surface area contributed by atoms with Crippen molar-refractivity contribution in [1.29, 1.82) is 0 Å². The maximum Gasteiger partial charge on any atom is 0.0643 e. The topological polar surface area (TPSA) is 29.9 Å². The number of rotatable bonds is 4. The van der Waals surface area contributed by atoms with Crippen molar-refractivity contribution in [3.63, 3.8) is 0 Å². The van der Waals surface area contributed by atoms with Gasteiger partial charge in [-0.25, -0.2) is 0 Å². The van der Waals surface area contributed by atoms with Gasteiger partial charge in [-0.3, -0.25) is 4.68 Å². The van der Waals surface area contributed by atoms with Crippen LogP contribution in [-0.4, -0.2) is 16.8 Å². The van der Waals surface area contributed by atoms with Crippen molar-refractivity contribution in [3.05, 3.63) is 51.4 Å². The van der Waals surface area contributed by atoms with Crippen LogP contribution in [-0.2, 0) is 13.5 Å². The number of likely N-dealkylation sites (N-methyl/N-ethyl adjacent to an activating group) is 1. The molecule has 0 aliphatic heterocycles. The van der Waals surface area contributed by atoms with Gasteiger partial charge in [0.05, 0.1) is 5.69 Å². The number of halogens is 1. The fourth-order valence-electron chi connectivity index (χ4n) is 1.89. The van der Waals surface area contributed by atoms with E-state index >= 15 is 0 Å². The van der Waals surface area contributed by atoms with E-state index in [-0.39, 0.29) is 0 Å². The average Bonchev–Trinajstić information content (AvgIpc) is 2.72. The van der Waals surface area contributed by atoms with Crippen molar-refractivity contribution < 1.29 is 0 Å². The molecule has 0 spiro atoms. The van der Waals surface area contributed by atoms with E-state index in [4.69, 9.17) is 0 Å². The summed E-state index contributed by atoms with van der Waals surface area (Å²) < 4.78 is 3.11. The first-order valence-corrected chi connectivity index (χ1v) is 6.68. The van der Waals surface area contributed by atoms with Gasteiger partial charge in [-0.1, -0.05) is 12.1 Å². The predicted molar refractivity (Wildman–Crippen MR) is 77.9 cm³/mol. The number of hydrogen-bond donors (Lipinski definition) is 1. The summed E-state index contributed by atoms with van der Waals surface area (Å²) in [5.74, 6) is 0. The van der Waals surface area contributed by atoms with Crippen molar-refractivity contribution in [2.75, 3.05) is 7.05 Å². The highest BCUT2D eigenvalue weighted by Gasteiger charge is 2.11. The van der Waals surface area contributed by atoms with Crippen molar-refractivity contribution >= 4 is 22.6 Å². The SMILES string of the molecule is CNC(Cc1ccn(C)n1)c1cccc(I)c1. The minimum Gasteiger partial charge on any atom is -0.313 e. The summed E-state index contributed by atoms with van der Waals surface area (Å²) in [6.45, 7) is 0. The molecule has 0 bridgehead atoms. The number of nitrogens with zero attached hydrogens (tertiary/aromatic N) is 2. The molecular formula is C13H16IN3. The number of benzene rings is 1. The molecule has 1 N–H and O–H groups in total. The summed E-state index contributed by atoms with van der Waals surface area (Å²) in [5, 5.41) is 7.77. The summed E-state index contributed by atoms with van der Waals surface area (Å²) >= 11 is 2.34. The number of aryl methyl sites for hydroxylation is 1. The van der Waals surface area contributed by atoms with E-state index in [0.29, 0.717) is 6.04 Å². The zero-order chi connectivity index (χ0) is 12.3. The summed E-state index contributed by atoms with van der Waals surface area (Å²) in [7, 11) is 3.94. The van der Waals surface area contributed by atoms with Gasteiger partial charge >= 0.3 is 0 Å². The van der Waals surface area contributed by atoms with Crippen LogP contribution in [0.5, 0.6) is 0 Å². The highest BCUT2D eigenvalue weighted by molar-refractivity contribution is 14.1. The first-order chi connectivity index (χ1) is 8.19. The van der Waals surface area contributed by atoms with Gasteiger partial charge in [-0.2, -0.15) is 5.10 Å². The van der Waals surface area contributed by atoms with Crippen LogP contribution in [0.15, 0.2) is 36.5 Å². The Hall–Kier alpha value is -0.880. The molecule has 0 aliphatic carbocycles. The molecule has 2 aromatic rings. The van der Waals surface area contributed by atoms with E-state index in [1.807, 2.05) is 25.0 Å². The van der Waals surface area contributed by atoms with Crippen molar-refractivity contribution in [2.45, 2.75) is 12.5 Å². The number of nitrogens with one attached hydrogen (secondary N) is 1. The first-order valence-electron chi connectivity index (χ1n) is 5.60. The molecule has 17 heavy (non-hydrogen) atoms. The summed E-state index contributed by atoms with van der Waals surface area (Å²) in [6, 6.07) is 11.0. The van der Waals surface area contributed by atoms with Crippen LogP contribution in [0, 0.1) is 3.57 Å². The molecule has 2 rings (SSSR count). The first kappa shape index (κ1) is 12.6. The second-order valence-electron chi connectivity index (χ2n) is 4.08. The van der Waals surface area contributed by atoms with E-state index in [0.717, 1.165) is 12.1 Å². The maximum absolute atomic E-state index is 4.42. The zero-order valence-electron chi connectivity index (χ0n) is 10.0. The second-order valence-corrected chi connectivity index (χ2v) is 5.33. The Morgan fingerprint density at radius 3 is 2.82 bits per heavy atom. The van der Waals surface area contributed by atoms with Crippen LogP contribution in [0.25, 0.3) is 0 Å². The van der Waals surface area contributed by atoms with Crippen LogP contribution >= 0.6 is 22.6 Å². The molecule has 3 nitrogen and oxygen atoms in total. The minimum atomic E-state index is 0.319. The Balaban J connectivity index is 2.16. The third-order valence-electron chi connectivity index (χ3n) is 2.78. The molecule has 0 saturated heterocycles. The summed E-state index contributed by atoms with van der Waals surface area (Å²) in [4.78, 5) is 0. The lowest BCUT2D eigenvalue weighted by molar-refractivity contribution is 0.577. The smallest absolute Gasteiger partial charge is 0.0643 e. The van der Waals surface area contributed by atoms with E-state index in [2.05, 4.69) is 63.3 Å². The van der Waals surface area contributed by atoms with Crippen LogP contribution in [0.4, 0.5) is 0 Å². The summed E-state index contributed by atoms with van der Waals surface area (Å²) in [6.07, 6.45) is 2.90. The third-order valence-corrected chi connectivity index (χ3v) is 3.45. The van der Waals surface area contributed by atoms with Crippen LogP contribution in [0.2, 0.25) is 0 Å². The standard InChI is InChI=1S/C13H16IN3/c1-15-13(9-12-6-7-17(2)16-12)10-4-3-5-11(14)8-10/h3-8,13,15H,9H2,1-2H3. The molecule has 1 unspecified atom stereocenters. The number of hydrogen-bond acceptors (Lipinski definition) is 2. The van der Waals surface area contributed by atoms with Gasteiger partial charge in [0.1, 0.15) is 0 Å². The lowest BCUT2D eigenvalue weighted by Gasteiger charge is -2.15. The third kappa shape index (κ3) is 3.29. The Labute approximate surface area is 115 Å². The van der Waals surface area contributed by atoms with Crippen molar-refractivity contribution in [3.8, 4) is 0 Å². The molecule has 0 fully saturated rings. The molecule has 1 heterocycles. The molecule has 1 aromatic heterocycles. The maximum atomic E-state index is 4.42. The van der Waals surface area contributed by atoms with Crippen LogP contribution in [0.3, 0.4) is 0 Å². The van der Waals surface area contributed by atoms with E-state index in [1.165, 1.54) is 9.13 Å². The quantitative estimate of drug-likeness (QED) is 0.867. The fourth-order valence-corrected chi connectivity index (χ4v) is 2.46. The lowest BCUT2D eigenvalue weighted by atomic mass is 10.0. The lowest BCUT2D eigenvalue weighted by Crippen LogP contribution is -2.19. The van der Waals surface area contributed by atoms with Gasteiger partial charge in [0, 0.05) is 29.3 Å². The Kier molecular flexibility index (Phi) is 4.17. The predicted octanol–water partition coefficient (Wildman–Crippen LogP) is 2.53. The summed E-state index contributed by atoms with van der Waals surface area (Å²) in [5.41, 5.74) is 2.43. The van der Waals surface area contributed by atoms with E-state index in [9.17, 15) is 0 Å². The largest absolute Gasteiger partial charge is 0.313 e. The Bertz CT molecular complexity index is 493. The van der Waals surface area contributed by atoms with Gasteiger partial charge < -0.3 is 5.32 Å². The highest BCUT2D eigenvalue weighted by Crippen LogP contribution is 2.19. The van der Waals surface area contributed by atoms with Crippen molar-refractivity contribution in [1.82, 2.24) is 15.1 Å². The molecular weight excluding hydrogens is 325 g/mol. The van der Waals surface area contributed by atoms with Crippen LogP contribution < -0.4 is 5.32 Å². The second kappa shape index (κ2) is 5.64. The zero-order valence-corrected chi connectivity index (χ0v) is 12.2. The van der Waals surface area contributed by atoms with E-state index < -0.39 is 0 Å². The molecule has 4 heteroatoms. The number of aromatic nitrogens is 2. The average molecular weight is 341 g/mol. The molecule has 90 valence electrons. The molecule has 0 saturated carbocycles. The van der Waals surface area contributed by atoms with Gasteiger partial charge in [0.2, 0.25) is 0 Å². The van der Waals surface area contributed by atoms with Gasteiger partial charge in [0.25, 0.3) is 0 Å². The van der Waals surface area contributed by atoms with E-state index in [1.54, 1.807) is 0 Å². The molecule has 0 aliphatic rings. The van der Waals surface area contributed by atoms with Crippen molar-refractivity contribution in [2.24, 2.45) is 7.05 Å². The molecule has 0 radical (unpaired) electrons. The van der Waals surface area contributed by atoms with Gasteiger partial charge in [-0.15, -0.1) is 0 Å². The monoisotopic (exact) mass is 341 g/mol. The normalized spacial score (nSPS) is 12.6. The molecule has 1 aromatic carbocycles. The Morgan fingerprint density at radius 2 is 2.24 bits per heavy atom. The molecule has 1 atom stereocenters. The van der Waals surface area contributed by atoms with Crippen LogP contribution in [0.1, 0.15) is 17.3 Å². The Morgan fingerprint density at radius 1 is 1.41 bits per heavy atom. The minimum absolute atomic E-state index is 0.319. The fraction of sp³-hybridized carbons (Fsp3) is 0.308. The van der Waals surface area contributed by atoms with Gasteiger partial charge in [-0.05, 0) is 53.4 Å². The highest BCUT2D eigenvalue weighted by atomic mass is 127. The molecule has 0 amide bonds.